The number of hydrogen-bond acceptors (Lipinski definition) is 2. The van der Waals surface area contributed by atoms with Crippen LogP contribution in [-0.4, -0.2) is 31.7 Å². The minimum atomic E-state index is -4.32. The maximum Gasteiger partial charge on any atom is 0.405 e. The Balaban J connectivity index is 0.00000256. The number of halogens is 4. The van der Waals surface area contributed by atoms with Crippen LogP contribution in [-0.2, 0) is 4.79 Å². The van der Waals surface area contributed by atoms with Crippen LogP contribution >= 0.6 is 12.4 Å². The van der Waals surface area contributed by atoms with E-state index in [4.69, 9.17) is 0 Å². The zero-order chi connectivity index (χ0) is 12.0. The van der Waals surface area contributed by atoms with Crippen LogP contribution in [0, 0.1) is 5.92 Å². The second-order valence-corrected chi connectivity index (χ2v) is 4.12. The van der Waals surface area contributed by atoms with Crippen molar-refractivity contribution in [3.63, 3.8) is 0 Å². The summed E-state index contributed by atoms with van der Waals surface area (Å²) in [5.41, 5.74) is 0. The van der Waals surface area contributed by atoms with Crippen molar-refractivity contribution in [1.82, 2.24) is 10.6 Å². The van der Waals surface area contributed by atoms with E-state index in [1.54, 1.807) is 0 Å². The number of nitrogens with one attached hydrogen (secondary N) is 2. The average Bonchev–Trinajstić information content (AvgIpc) is 2.24. The highest BCUT2D eigenvalue weighted by atomic mass is 35.5. The van der Waals surface area contributed by atoms with E-state index in [0.29, 0.717) is 12.3 Å². The molecular weight excluding hydrogens is 257 g/mol. The summed E-state index contributed by atoms with van der Waals surface area (Å²) in [4.78, 5) is 11.1. The summed E-state index contributed by atoms with van der Waals surface area (Å²) >= 11 is 0. The molecule has 1 rings (SSSR count). The van der Waals surface area contributed by atoms with E-state index in [-0.39, 0.29) is 18.8 Å². The molecule has 0 aromatic rings. The zero-order valence-electron chi connectivity index (χ0n) is 9.48. The van der Waals surface area contributed by atoms with Crippen LogP contribution in [0.1, 0.15) is 25.7 Å². The number of alkyl halides is 3. The number of piperidine rings is 1. The third-order valence-corrected chi connectivity index (χ3v) is 2.72. The Morgan fingerprint density at radius 1 is 1.29 bits per heavy atom. The maximum atomic E-state index is 11.8. The lowest BCUT2D eigenvalue weighted by Gasteiger charge is -2.22. The molecule has 17 heavy (non-hydrogen) atoms. The van der Waals surface area contributed by atoms with Gasteiger partial charge in [-0.25, -0.2) is 0 Å². The van der Waals surface area contributed by atoms with Gasteiger partial charge in [0.25, 0.3) is 0 Å². The van der Waals surface area contributed by atoms with Gasteiger partial charge < -0.3 is 10.6 Å². The monoisotopic (exact) mass is 274 g/mol. The van der Waals surface area contributed by atoms with Crippen LogP contribution < -0.4 is 10.6 Å². The first kappa shape index (κ1) is 16.5. The molecule has 0 saturated carbocycles. The fraction of sp³-hybridized carbons (Fsp3) is 0.900. The lowest BCUT2D eigenvalue weighted by molar-refractivity contribution is -0.138. The van der Waals surface area contributed by atoms with Gasteiger partial charge in [0.2, 0.25) is 5.91 Å². The molecule has 1 heterocycles. The predicted molar refractivity (Wildman–Crippen MR) is 61.1 cm³/mol. The maximum absolute atomic E-state index is 11.8. The smallest absolute Gasteiger partial charge is 0.347 e. The molecule has 0 bridgehead atoms. The van der Waals surface area contributed by atoms with Gasteiger partial charge in [-0.05, 0) is 38.3 Å². The molecule has 1 aliphatic rings. The molecule has 102 valence electrons. The van der Waals surface area contributed by atoms with Crippen molar-refractivity contribution in [3.8, 4) is 0 Å². The zero-order valence-corrected chi connectivity index (χ0v) is 10.3. The van der Waals surface area contributed by atoms with E-state index in [1.807, 2.05) is 5.32 Å². The Morgan fingerprint density at radius 3 is 2.41 bits per heavy atom. The van der Waals surface area contributed by atoms with Crippen molar-refractivity contribution in [2.45, 2.75) is 31.9 Å². The van der Waals surface area contributed by atoms with Gasteiger partial charge in [-0.1, -0.05) is 0 Å². The minimum Gasteiger partial charge on any atom is -0.347 e. The second kappa shape index (κ2) is 7.76. The number of hydrogen-bond donors (Lipinski definition) is 2. The molecule has 0 unspecified atom stereocenters. The highest BCUT2D eigenvalue weighted by molar-refractivity contribution is 5.85. The summed E-state index contributed by atoms with van der Waals surface area (Å²) in [6.07, 6.45) is -1.42. The van der Waals surface area contributed by atoms with Gasteiger partial charge >= 0.3 is 6.18 Å². The normalized spacial score (nSPS) is 17.4. The van der Waals surface area contributed by atoms with E-state index in [1.165, 1.54) is 0 Å². The Morgan fingerprint density at radius 2 is 1.88 bits per heavy atom. The Hall–Kier alpha value is -0.490. The van der Waals surface area contributed by atoms with Gasteiger partial charge in [0.1, 0.15) is 6.54 Å². The van der Waals surface area contributed by atoms with Crippen molar-refractivity contribution in [1.29, 1.82) is 0 Å². The van der Waals surface area contributed by atoms with Crippen LogP contribution in [0.4, 0.5) is 13.2 Å². The molecule has 1 fully saturated rings. The van der Waals surface area contributed by atoms with Crippen molar-refractivity contribution >= 4 is 18.3 Å². The average molecular weight is 275 g/mol. The first-order chi connectivity index (χ1) is 7.47. The molecule has 0 aromatic heterocycles. The van der Waals surface area contributed by atoms with E-state index >= 15 is 0 Å². The second-order valence-electron chi connectivity index (χ2n) is 4.12. The molecule has 0 atom stereocenters. The van der Waals surface area contributed by atoms with Crippen molar-refractivity contribution in [2.75, 3.05) is 19.6 Å². The lowest BCUT2D eigenvalue weighted by atomic mass is 9.93. The van der Waals surface area contributed by atoms with Crippen LogP contribution in [0.2, 0.25) is 0 Å². The fourth-order valence-corrected chi connectivity index (χ4v) is 1.79. The van der Waals surface area contributed by atoms with Crippen LogP contribution in [0.5, 0.6) is 0 Å². The largest absolute Gasteiger partial charge is 0.405 e. The van der Waals surface area contributed by atoms with E-state index in [9.17, 15) is 18.0 Å². The standard InChI is InChI=1S/C10H17F3N2O.ClH/c11-10(12,13)7-15-9(16)2-1-8-3-5-14-6-4-8;/h8,14H,1-7H2,(H,15,16);1H. The fourth-order valence-electron chi connectivity index (χ4n) is 1.79. The van der Waals surface area contributed by atoms with Gasteiger partial charge in [-0.15, -0.1) is 12.4 Å². The van der Waals surface area contributed by atoms with Crippen LogP contribution in [0.15, 0.2) is 0 Å². The van der Waals surface area contributed by atoms with E-state index < -0.39 is 18.6 Å². The summed E-state index contributed by atoms with van der Waals surface area (Å²) < 4.78 is 35.4. The molecule has 0 aromatic carbocycles. The summed E-state index contributed by atoms with van der Waals surface area (Å²) in [5.74, 6) is -0.0336. The third kappa shape index (κ3) is 8.26. The molecule has 7 heteroatoms. The molecule has 2 N–H and O–H groups in total. The molecule has 0 spiro atoms. The first-order valence-corrected chi connectivity index (χ1v) is 5.51. The highest BCUT2D eigenvalue weighted by Gasteiger charge is 2.27. The predicted octanol–water partition coefficient (Wildman–Crippen LogP) is 1.87. The van der Waals surface area contributed by atoms with Crippen LogP contribution in [0.25, 0.3) is 0 Å². The molecule has 1 amide bonds. The van der Waals surface area contributed by atoms with Crippen molar-refractivity contribution < 1.29 is 18.0 Å². The molecule has 0 radical (unpaired) electrons. The molecule has 1 saturated heterocycles. The van der Waals surface area contributed by atoms with Gasteiger partial charge in [0.05, 0.1) is 0 Å². The lowest BCUT2D eigenvalue weighted by Crippen LogP contribution is -2.34. The summed E-state index contributed by atoms with van der Waals surface area (Å²) in [7, 11) is 0. The van der Waals surface area contributed by atoms with Crippen molar-refractivity contribution in [3.05, 3.63) is 0 Å². The topological polar surface area (TPSA) is 41.1 Å². The van der Waals surface area contributed by atoms with E-state index in [2.05, 4.69) is 5.32 Å². The van der Waals surface area contributed by atoms with Gasteiger partial charge in [0.15, 0.2) is 0 Å². The molecule has 1 aliphatic heterocycles. The molecule has 0 aliphatic carbocycles. The van der Waals surface area contributed by atoms with Crippen molar-refractivity contribution in [2.24, 2.45) is 5.92 Å². The highest BCUT2D eigenvalue weighted by Crippen LogP contribution is 2.17. The summed E-state index contributed by atoms with van der Waals surface area (Å²) in [5, 5.41) is 5.08. The van der Waals surface area contributed by atoms with Crippen LogP contribution in [0.3, 0.4) is 0 Å². The SMILES string of the molecule is Cl.O=C(CCC1CCNCC1)NCC(F)(F)F. The Kier molecular flexibility index (Phi) is 7.54. The quantitative estimate of drug-likeness (QED) is 0.822. The first-order valence-electron chi connectivity index (χ1n) is 5.51. The number of rotatable bonds is 4. The number of carbonyl (C=O) groups excluding carboxylic acids is 1. The molecular formula is C10H18ClF3N2O. The minimum absolute atomic E-state index is 0. The summed E-state index contributed by atoms with van der Waals surface area (Å²) in [6, 6.07) is 0. The molecule has 3 nitrogen and oxygen atoms in total. The van der Waals surface area contributed by atoms with Gasteiger partial charge in [-0.3, -0.25) is 4.79 Å². The third-order valence-electron chi connectivity index (χ3n) is 2.72. The van der Waals surface area contributed by atoms with E-state index in [0.717, 1.165) is 25.9 Å². The number of amides is 1. The number of carbonyl (C=O) groups is 1. The Bertz CT molecular complexity index is 230. The van der Waals surface area contributed by atoms with Gasteiger partial charge in [-0.2, -0.15) is 13.2 Å². The Labute approximate surface area is 105 Å². The van der Waals surface area contributed by atoms with Gasteiger partial charge in [0, 0.05) is 6.42 Å². The summed E-state index contributed by atoms with van der Waals surface area (Å²) in [6.45, 7) is 0.654.